The van der Waals surface area contributed by atoms with Gasteiger partial charge in [0.15, 0.2) is 17.3 Å². The van der Waals surface area contributed by atoms with E-state index in [0.717, 1.165) is 6.08 Å². The Morgan fingerprint density at radius 3 is 2.56 bits per heavy atom. The van der Waals surface area contributed by atoms with Crippen molar-refractivity contribution < 1.29 is 38.6 Å². The second-order valence-corrected chi connectivity index (χ2v) is 9.45. The molecule has 1 aliphatic heterocycles. The quantitative estimate of drug-likeness (QED) is 0.243. The Morgan fingerprint density at radius 1 is 1.15 bits per heavy atom. The van der Waals surface area contributed by atoms with Gasteiger partial charge in [-0.3, -0.25) is 14.4 Å². The molecule has 1 atom stereocenters. The van der Waals surface area contributed by atoms with Crippen molar-refractivity contribution in [1.82, 2.24) is 15.5 Å². The normalized spacial score (nSPS) is 19.2. The van der Waals surface area contributed by atoms with E-state index in [-0.39, 0.29) is 57.7 Å². The highest BCUT2D eigenvalue weighted by molar-refractivity contribution is 6.31. The number of ketones is 3. The first kappa shape index (κ1) is 25.7. The van der Waals surface area contributed by atoms with Crippen molar-refractivity contribution in [3.63, 3.8) is 0 Å². The Labute approximate surface area is 222 Å². The summed E-state index contributed by atoms with van der Waals surface area (Å²) in [7, 11) is 1.54. The molecular weight excluding hydrogens is 506 g/mol. The number of benzene rings is 2. The van der Waals surface area contributed by atoms with Gasteiger partial charge in [0.2, 0.25) is 11.7 Å². The average Bonchev–Trinajstić information content (AvgIpc) is 3.49. The van der Waals surface area contributed by atoms with E-state index in [1.54, 1.807) is 19.1 Å². The fourth-order valence-electron chi connectivity index (χ4n) is 4.92. The van der Waals surface area contributed by atoms with Crippen LogP contribution in [0.1, 0.15) is 48.1 Å². The lowest BCUT2D eigenvalue weighted by Gasteiger charge is -2.29. The number of allylic oxidation sites excluding steroid dienone is 4. The maximum atomic E-state index is 13.9. The molecule has 200 valence electrons. The number of carbonyl (C=O) groups excluding carboxylic acids is 3. The first-order valence-electron chi connectivity index (χ1n) is 12.0. The third-order valence-corrected chi connectivity index (χ3v) is 7.08. The van der Waals surface area contributed by atoms with Gasteiger partial charge in [-0.15, -0.1) is 0 Å². The van der Waals surface area contributed by atoms with Crippen molar-refractivity contribution >= 4 is 17.3 Å². The number of methoxy groups -OCH3 is 1. The number of hydrogen-bond acceptors (Lipinski definition) is 11. The highest BCUT2D eigenvalue weighted by Crippen LogP contribution is 2.57. The van der Waals surface area contributed by atoms with Crippen molar-refractivity contribution in [1.29, 1.82) is 0 Å². The van der Waals surface area contributed by atoms with Crippen molar-refractivity contribution in [2.24, 2.45) is 0 Å². The molecule has 5 rings (SSSR count). The van der Waals surface area contributed by atoms with Crippen LogP contribution in [0.5, 0.6) is 23.0 Å². The summed E-state index contributed by atoms with van der Waals surface area (Å²) < 4.78 is 16.4. The van der Waals surface area contributed by atoms with Gasteiger partial charge in [-0.1, -0.05) is 17.3 Å². The maximum absolute atomic E-state index is 13.9. The lowest BCUT2D eigenvalue weighted by molar-refractivity contribution is -0.123. The first-order valence-corrected chi connectivity index (χ1v) is 12.0. The molecule has 3 N–H and O–H groups in total. The Hall–Kier alpha value is -4.93. The number of phenolic OH excluding ortho intramolecular Hbond substituents is 2. The number of nitrogens with one attached hydrogen (secondary N) is 1. The zero-order chi connectivity index (χ0) is 28.2. The van der Waals surface area contributed by atoms with Crippen molar-refractivity contribution in [3.05, 3.63) is 70.0 Å². The van der Waals surface area contributed by atoms with E-state index in [1.165, 1.54) is 27.9 Å². The monoisotopic (exact) mass is 531 g/mol. The molecule has 0 saturated carbocycles. The molecule has 11 nitrogen and oxygen atoms in total. The van der Waals surface area contributed by atoms with E-state index in [0.29, 0.717) is 17.1 Å². The van der Waals surface area contributed by atoms with Crippen molar-refractivity contribution in [2.75, 3.05) is 7.11 Å². The zero-order valence-electron chi connectivity index (χ0n) is 21.8. The SMILES string of the molecule is COc1ccccc1-c1noc(CNC(C)=C2C(=O)C=C3Oc4c(C(C)=O)c(O)c(C)c(O)c4C3(C)C2=O)n1. The minimum absolute atomic E-state index is 0.0190. The standard InChI is InChI=1S/C28H25N3O8/c1-12-23(34)21(14(3)32)25-22(24(12)35)28(4)18(38-25)10-16(33)20(26(28)36)13(2)29-11-19-30-27(31-39-19)15-8-6-7-9-17(15)37-5/h6-10,29,34-35H,11H2,1-5H3. The predicted octanol–water partition coefficient (Wildman–Crippen LogP) is 3.42. The second-order valence-electron chi connectivity index (χ2n) is 9.45. The smallest absolute Gasteiger partial charge is 0.246 e. The van der Waals surface area contributed by atoms with E-state index in [9.17, 15) is 24.6 Å². The summed E-state index contributed by atoms with van der Waals surface area (Å²) in [5.74, 6) is -1.68. The van der Waals surface area contributed by atoms with E-state index >= 15 is 0 Å². The van der Waals surface area contributed by atoms with Gasteiger partial charge in [-0.05, 0) is 39.8 Å². The third-order valence-electron chi connectivity index (χ3n) is 7.08. The molecule has 39 heavy (non-hydrogen) atoms. The van der Waals surface area contributed by atoms with Gasteiger partial charge in [-0.2, -0.15) is 4.98 Å². The lowest BCUT2D eigenvalue weighted by Crippen LogP contribution is -2.41. The molecule has 2 aromatic carbocycles. The summed E-state index contributed by atoms with van der Waals surface area (Å²) in [6.45, 7) is 5.74. The van der Waals surface area contributed by atoms with Gasteiger partial charge in [-0.25, -0.2) is 0 Å². The second kappa shape index (κ2) is 9.12. The van der Waals surface area contributed by atoms with Gasteiger partial charge >= 0.3 is 0 Å². The molecule has 0 spiro atoms. The lowest BCUT2D eigenvalue weighted by atomic mass is 9.70. The number of carbonyl (C=O) groups is 3. The topological polar surface area (TPSA) is 161 Å². The molecule has 1 aromatic heterocycles. The van der Waals surface area contributed by atoms with Crippen LogP contribution in [0.4, 0.5) is 0 Å². The number of rotatable bonds is 6. The minimum Gasteiger partial charge on any atom is -0.507 e. The number of phenols is 2. The summed E-state index contributed by atoms with van der Waals surface area (Å²) in [4.78, 5) is 43.6. The van der Waals surface area contributed by atoms with E-state index < -0.39 is 28.5 Å². The fraction of sp³-hybridized carbons (Fsp3) is 0.250. The number of Topliss-reactive ketones (excluding diaryl/α,β-unsaturated/α-hetero) is 2. The number of para-hydroxylation sites is 1. The van der Waals surface area contributed by atoms with Gasteiger partial charge in [0.1, 0.15) is 39.7 Å². The van der Waals surface area contributed by atoms with Crippen LogP contribution in [0.3, 0.4) is 0 Å². The summed E-state index contributed by atoms with van der Waals surface area (Å²) in [5, 5.41) is 28.4. The predicted molar refractivity (Wildman–Crippen MR) is 136 cm³/mol. The Bertz CT molecular complexity index is 1650. The molecule has 0 saturated heterocycles. The van der Waals surface area contributed by atoms with Gasteiger partial charge in [0, 0.05) is 17.3 Å². The Balaban J connectivity index is 1.49. The molecule has 0 amide bonds. The highest BCUT2D eigenvalue weighted by Gasteiger charge is 2.56. The third kappa shape index (κ3) is 3.77. The number of ether oxygens (including phenoxy) is 2. The number of aromatic hydroxyl groups is 2. The molecule has 2 heterocycles. The van der Waals surface area contributed by atoms with Gasteiger partial charge in [0.05, 0.1) is 30.4 Å². The number of hydrogen-bond donors (Lipinski definition) is 3. The molecular formula is C28H25N3O8. The summed E-state index contributed by atoms with van der Waals surface area (Å²) in [6, 6.07) is 7.19. The van der Waals surface area contributed by atoms with Crippen LogP contribution in [0.2, 0.25) is 0 Å². The van der Waals surface area contributed by atoms with Crippen molar-refractivity contribution in [3.8, 4) is 34.4 Å². The maximum Gasteiger partial charge on any atom is 0.246 e. The molecule has 11 heteroatoms. The largest absolute Gasteiger partial charge is 0.507 e. The van der Waals surface area contributed by atoms with Gasteiger partial charge < -0.3 is 29.5 Å². The van der Waals surface area contributed by atoms with Crippen LogP contribution >= 0.6 is 0 Å². The van der Waals surface area contributed by atoms with Crippen LogP contribution in [0, 0.1) is 6.92 Å². The van der Waals surface area contributed by atoms with Crippen LogP contribution in [-0.4, -0.2) is 44.8 Å². The van der Waals surface area contributed by atoms with Crippen LogP contribution in [-0.2, 0) is 21.5 Å². The summed E-state index contributed by atoms with van der Waals surface area (Å²) in [5.41, 5.74) is -0.993. The van der Waals surface area contributed by atoms with Crippen LogP contribution < -0.4 is 14.8 Å². The average molecular weight is 532 g/mol. The van der Waals surface area contributed by atoms with Gasteiger partial charge in [0.25, 0.3) is 0 Å². The van der Waals surface area contributed by atoms with E-state index in [1.807, 2.05) is 12.1 Å². The zero-order valence-corrected chi connectivity index (χ0v) is 21.8. The highest BCUT2D eigenvalue weighted by atomic mass is 16.5. The molecule has 1 unspecified atom stereocenters. The number of fused-ring (bicyclic) bond motifs is 3. The Kier molecular flexibility index (Phi) is 6.01. The summed E-state index contributed by atoms with van der Waals surface area (Å²) >= 11 is 0. The van der Waals surface area contributed by atoms with Crippen LogP contribution in [0.25, 0.3) is 11.4 Å². The molecule has 1 aliphatic carbocycles. The summed E-state index contributed by atoms with van der Waals surface area (Å²) in [6.07, 6.45) is 1.16. The fourth-order valence-corrected chi connectivity index (χ4v) is 4.92. The molecule has 3 aromatic rings. The van der Waals surface area contributed by atoms with E-state index in [2.05, 4.69) is 15.5 Å². The molecule has 0 radical (unpaired) electrons. The number of nitrogens with zero attached hydrogens (tertiary/aromatic N) is 2. The van der Waals surface area contributed by atoms with E-state index in [4.69, 9.17) is 14.0 Å². The Morgan fingerprint density at radius 2 is 1.87 bits per heavy atom. The number of aromatic nitrogens is 2. The molecule has 0 fully saturated rings. The minimum atomic E-state index is -1.60. The first-order chi connectivity index (χ1) is 18.5. The van der Waals surface area contributed by atoms with Crippen molar-refractivity contribution in [2.45, 2.75) is 39.7 Å². The molecule has 2 aliphatic rings. The molecule has 0 bridgehead atoms. The van der Waals surface area contributed by atoms with Crippen LogP contribution in [0.15, 0.2) is 51.9 Å².